The molecular formula is C29H58O2. The van der Waals surface area contributed by atoms with Crippen LogP contribution in [0.15, 0.2) is 0 Å². The monoisotopic (exact) mass is 438 g/mol. The maximum absolute atomic E-state index is 11.0. The molecule has 0 aromatic rings. The van der Waals surface area contributed by atoms with Gasteiger partial charge in [0.25, 0.3) is 0 Å². The molecule has 0 amide bonds. The fourth-order valence-electron chi connectivity index (χ4n) is 5.00. The molecule has 0 aliphatic rings. The lowest BCUT2D eigenvalue weighted by molar-refractivity contribution is -0.141. The fraction of sp³-hybridized carbons (Fsp3) is 0.966. The summed E-state index contributed by atoms with van der Waals surface area (Å²) in [5.41, 5.74) is 0. The Kier molecular flexibility index (Phi) is 22.3. The average Bonchev–Trinajstić information content (AvgIpc) is 2.72. The molecule has 2 nitrogen and oxygen atoms in total. The molecule has 3 atom stereocenters. The molecule has 186 valence electrons. The zero-order chi connectivity index (χ0) is 23.2. The van der Waals surface area contributed by atoms with Crippen molar-refractivity contribution in [1.29, 1.82) is 0 Å². The normalized spacial score (nSPS) is 14.5. The Morgan fingerprint density at radius 3 is 1.26 bits per heavy atom. The van der Waals surface area contributed by atoms with Crippen molar-refractivity contribution in [3.8, 4) is 0 Å². The molecule has 0 bridgehead atoms. The highest BCUT2D eigenvalue weighted by Crippen LogP contribution is 2.24. The minimum atomic E-state index is -0.650. The summed E-state index contributed by atoms with van der Waals surface area (Å²) in [6, 6.07) is 0. The molecule has 0 aromatic heterocycles. The third kappa shape index (κ3) is 22.5. The van der Waals surface area contributed by atoms with Crippen LogP contribution in [0, 0.1) is 17.8 Å². The van der Waals surface area contributed by atoms with Crippen molar-refractivity contribution in [1.82, 2.24) is 0 Å². The van der Waals surface area contributed by atoms with Crippen LogP contribution >= 0.6 is 0 Å². The third-order valence-electron chi connectivity index (χ3n) is 7.03. The molecule has 0 saturated carbocycles. The Balaban J connectivity index is 3.26. The quantitative estimate of drug-likeness (QED) is 0.152. The molecular weight excluding hydrogens is 380 g/mol. The van der Waals surface area contributed by atoms with Gasteiger partial charge in [-0.25, -0.2) is 0 Å². The van der Waals surface area contributed by atoms with Gasteiger partial charge in [0.2, 0.25) is 0 Å². The first-order valence-corrected chi connectivity index (χ1v) is 14.2. The van der Waals surface area contributed by atoms with Crippen molar-refractivity contribution >= 4 is 5.97 Å². The highest BCUT2D eigenvalue weighted by Gasteiger charge is 2.16. The number of hydrogen-bond donors (Lipinski definition) is 1. The van der Waals surface area contributed by atoms with Gasteiger partial charge >= 0.3 is 5.97 Å². The van der Waals surface area contributed by atoms with E-state index in [1.165, 1.54) is 128 Å². The van der Waals surface area contributed by atoms with E-state index in [9.17, 15) is 4.79 Å². The zero-order valence-corrected chi connectivity index (χ0v) is 21.9. The van der Waals surface area contributed by atoms with E-state index >= 15 is 0 Å². The van der Waals surface area contributed by atoms with E-state index in [1.54, 1.807) is 0 Å². The smallest absolute Gasteiger partial charge is 0.306 e. The second-order valence-electron chi connectivity index (χ2n) is 10.7. The summed E-state index contributed by atoms with van der Waals surface area (Å²) in [4.78, 5) is 11.0. The molecule has 0 rings (SSSR count). The average molecular weight is 439 g/mol. The van der Waals surface area contributed by atoms with Gasteiger partial charge in [-0.15, -0.1) is 0 Å². The molecule has 0 heterocycles. The van der Waals surface area contributed by atoms with Crippen LogP contribution in [-0.4, -0.2) is 11.1 Å². The molecule has 2 heteroatoms. The van der Waals surface area contributed by atoms with Gasteiger partial charge in [-0.3, -0.25) is 4.79 Å². The van der Waals surface area contributed by atoms with Crippen LogP contribution in [0.4, 0.5) is 0 Å². The van der Waals surface area contributed by atoms with Gasteiger partial charge in [0.15, 0.2) is 0 Å². The summed E-state index contributed by atoms with van der Waals surface area (Å²) in [5.74, 6) is 0.406. The minimum absolute atomic E-state index is 0.202. The standard InChI is InChI=1S/C29H58O2/c1-5-6-7-8-9-10-11-12-13-14-15-16-17-18-19-20-21-22-23-26(2)24-27(3)25-28(4)29(30)31/h26-28H,5-25H2,1-4H3,(H,30,31)/t26-,27-,28-/m0/s1. The second kappa shape index (κ2) is 22.7. The summed E-state index contributed by atoms with van der Waals surface area (Å²) in [5, 5.41) is 9.04. The van der Waals surface area contributed by atoms with Gasteiger partial charge in [0, 0.05) is 0 Å². The van der Waals surface area contributed by atoms with Crippen molar-refractivity contribution in [2.45, 2.75) is 163 Å². The number of aliphatic carboxylic acids is 1. The molecule has 0 saturated heterocycles. The Labute approximate surface area is 196 Å². The molecule has 1 N–H and O–H groups in total. The first kappa shape index (κ1) is 30.5. The van der Waals surface area contributed by atoms with Gasteiger partial charge in [-0.05, 0) is 24.7 Å². The van der Waals surface area contributed by atoms with E-state index in [2.05, 4.69) is 20.8 Å². The Morgan fingerprint density at radius 2 is 0.903 bits per heavy atom. The number of rotatable bonds is 24. The highest BCUT2D eigenvalue weighted by molar-refractivity contribution is 5.69. The first-order chi connectivity index (χ1) is 15.0. The molecule has 0 aliphatic carbocycles. The van der Waals surface area contributed by atoms with Crippen molar-refractivity contribution < 1.29 is 9.90 Å². The van der Waals surface area contributed by atoms with Gasteiger partial charge in [-0.1, -0.05) is 150 Å². The van der Waals surface area contributed by atoms with Gasteiger partial charge in [0.1, 0.15) is 0 Å². The predicted octanol–water partition coefficient (Wildman–Crippen LogP) is 10.2. The van der Waals surface area contributed by atoms with E-state index in [4.69, 9.17) is 5.11 Å². The van der Waals surface area contributed by atoms with E-state index in [1.807, 2.05) is 6.92 Å². The van der Waals surface area contributed by atoms with Crippen molar-refractivity contribution in [3.05, 3.63) is 0 Å². The molecule has 31 heavy (non-hydrogen) atoms. The van der Waals surface area contributed by atoms with Gasteiger partial charge in [0.05, 0.1) is 5.92 Å². The second-order valence-corrected chi connectivity index (χ2v) is 10.7. The molecule has 0 radical (unpaired) electrons. The number of unbranched alkanes of at least 4 members (excludes halogenated alkanes) is 17. The van der Waals surface area contributed by atoms with Gasteiger partial charge < -0.3 is 5.11 Å². The summed E-state index contributed by atoms with van der Waals surface area (Å²) in [6.45, 7) is 8.68. The number of carbonyl (C=O) groups is 1. The van der Waals surface area contributed by atoms with Crippen LogP contribution in [0.1, 0.15) is 163 Å². The minimum Gasteiger partial charge on any atom is -0.481 e. The number of hydrogen-bond acceptors (Lipinski definition) is 1. The topological polar surface area (TPSA) is 37.3 Å². The fourth-order valence-corrected chi connectivity index (χ4v) is 5.00. The van der Waals surface area contributed by atoms with E-state index in [-0.39, 0.29) is 5.92 Å². The SMILES string of the molecule is CCCCCCCCCCCCCCCCCCCC[C@H](C)C[C@H](C)C[C@H](C)C(=O)O. The predicted molar refractivity (Wildman–Crippen MR) is 138 cm³/mol. The van der Waals surface area contributed by atoms with Crippen molar-refractivity contribution in [2.75, 3.05) is 0 Å². The first-order valence-electron chi connectivity index (χ1n) is 14.2. The maximum Gasteiger partial charge on any atom is 0.306 e. The Hall–Kier alpha value is -0.530. The zero-order valence-electron chi connectivity index (χ0n) is 21.9. The molecule has 0 spiro atoms. The summed E-state index contributed by atoms with van der Waals surface area (Å²) in [7, 11) is 0. The number of carboxylic acid groups (broad SMARTS) is 1. The van der Waals surface area contributed by atoms with Crippen LogP contribution in [0.3, 0.4) is 0 Å². The largest absolute Gasteiger partial charge is 0.481 e. The molecule has 0 aliphatic heterocycles. The summed E-state index contributed by atoms with van der Waals surface area (Å²) < 4.78 is 0. The Morgan fingerprint density at radius 1 is 0.548 bits per heavy atom. The lowest BCUT2D eigenvalue weighted by Gasteiger charge is -2.19. The summed E-state index contributed by atoms with van der Waals surface area (Å²) >= 11 is 0. The maximum atomic E-state index is 11.0. The van der Waals surface area contributed by atoms with Crippen LogP contribution in [0.5, 0.6) is 0 Å². The van der Waals surface area contributed by atoms with Crippen LogP contribution in [-0.2, 0) is 4.79 Å². The van der Waals surface area contributed by atoms with E-state index < -0.39 is 5.97 Å². The van der Waals surface area contributed by atoms with Crippen molar-refractivity contribution in [2.24, 2.45) is 17.8 Å². The van der Waals surface area contributed by atoms with Crippen LogP contribution in [0.2, 0.25) is 0 Å². The lowest BCUT2D eigenvalue weighted by atomic mass is 9.87. The lowest BCUT2D eigenvalue weighted by Crippen LogP contribution is -2.14. The summed E-state index contributed by atoms with van der Waals surface area (Å²) in [6.07, 6.45) is 29.1. The van der Waals surface area contributed by atoms with E-state index in [0.717, 1.165) is 12.3 Å². The van der Waals surface area contributed by atoms with Gasteiger partial charge in [-0.2, -0.15) is 0 Å². The highest BCUT2D eigenvalue weighted by atomic mass is 16.4. The van der Waals surface area contributed by atoms with Crippen molar-refractivity contribution in [3.63, 3.8) is 0 Å². The van der Waals surface area contributed by atoms with Crippen LogP contribution < -0.4 is 0 Å². The van der Waals surface area contributed by atoms with Crippen LogP contribution in [0.25, 0.3) is 0 Å². The van der Waals surface area contributed by atoms with E-state index in [0.29, 0.717) is 5.92 Å². The molecule has 0 fully saturated rings. The molecule has 0 unspecified atom stereocenters. The number of carboxylic acids is 1. The Bertz CT molecular complexity index is 379. The molecule has 0 aromatic carbocycles. The third-order valence-corrected chi connectivity index (χ3v) is 7.03.